The minimum absolute atomic E-state index is 0.0212. The monoisotopic (exact) mass is 325 g/mol. The fourth-order valence-electron chi connectivity index (χ4n) is 2.21. The SMILES string of the molecule is O=C1C=CC(C(O)Cc2ccc(O)cc2)C(NP(=O)(O)O)=C1. The highest BCUT2D eigenvalue weighted by molar-refractivity contribution is 7.49. The van der Waals surface area contributed by atoms with Gasteiger partial charge in [-0.15, -0.1) is 0 Å². The normalized spacial score (nSPS) is 19.7. The molecule has 7 nitrogen and oxygen atoms in total. The first-order valence-corrected chi connectivity index (χ1v) is 8.09. The van der Waals surface area contributed by atoms with E-state index in [1.807, 2.05) is 5.09 Å². The Labute approximate surface area is 126 Å². The Hall–Kier alpha value is -1.92. The fraction of sp³-hybridized carbons (Fsp3) is 0.214. The summed E-state index contributed by atoms with van der Waals surface area (Å²) in [4.78, 5) is 29.3. The van der Waals surface area contributed by atoms with Gasteiger partial charge in [0.05, 0.1) is 6.10 Å². The number of aliphatic hydroxyl groups excluding tert-OH is 1. The highest BCUT2D eigenvalue weighted by Gasteiger charge is 2.28. The molecular formula is C14H16NO6P. The number of aromatic hydroxyl groups is 1. The highest BCUT2D eigenvalue weighted by Crippen LogP contribution is 2.34. The molecule has 1 aromatic carbocycles. The number of ketones is 1. The highest BCUT2D eigenvalue weighted by atomic mass is 31.2. The number of hydrogen-bond donors (Lipinski definition) is 5. The summed E-state index contributed by atoms with van der Waals surface area (Å²) in [5, 5.41) is 21.5. The van der Waals surface area contributed by atoms with Crippen molar-refractivity contribution < 1.29 is 29.4 Å². The van der Waals surface area contributed by atoms with Crippen LogP contribution in [0.1, 0.15) is 5.56 Å². The van der Waals surface area contributed by atoms with Gasteiger partial charge in [0.25, 0.3) is 0 Å². The van der Waals surface area contributed by atoms with Crippen molar-refractivity contribution in [3.05, 3.63) is 53.8 Å². The van der Waals surface area contributed by atoms with E-state index < -0.39 is 25.6 Å². The number of phenolic OH excluding ortho intramolecular Hbond substituents is 1. The lowest BCUT2D eigenvalue weighted by Gasteiger charge is -2.26. The van der Waals surface area contributed by atoms with Crippen molar-refractivity contribution in [2.75, 3.05) is 0 Å². The topological polar surface area (TPSA) is 127 Å². The lowest BCUT2D eigenvalue weighted by molar-refractivity contribution is -0.110. The molecule has 0 saturated heterocycles. The summed E-state index contributed by atoms with van der Waals surface area (Å²) >= 11 is 0. The summed E-state index contributed by atoms with van der Waals surface area (Å²) in [6.07, 6.45) is 2.92. The van der Waals surface area contributed by atoms with Crippen LogP contribution >= 0.6 is 7.75 Å². The molecule has 0 bridgehead atoms. The summed E-state index contributed by atoms with van der Waals surface area (Å²) in [5.74, 6) is -1.05. The number of aliphatic hydroxyl groups is 1. The molecule has 1 aromatic rings. The second-order valence-electron chi connectivity index (χ2n) is 4.98. The van der Waals surface area contributed by atoms with Gasteiger partial charge in [0.2, 0.25) is 0 Å². The summed E-state index contributed by atoms with van der Waals surface area (Å²) < 4.78 is 11.1. The first kappa shape index (κ1) is 16.5. The molecule has 0 radical (unpaired) electrons. The average Bonchev–Trinajstić information content (AvgIpc) is 2.39. The molecule has 22 heavy (non-hydrogen) atoms. The minimum atomic E-state index is -4.58. The van der Waals surface area contributed by atoms with Gasteiger partial charge in [0, 0.05) is 17.7 Å². The molecule has 118 valence electrons. The molecule has 2 rings (SSSR count). The van der Waals surface area contributed by atoms with Crippen LogP contribution in [0.2, 0.25) is 0 Å². The Balaban J connectivity index is 2.15. The molecule has 5 N–H and O–H groups in total. The second-order valence-corrected chi connectivity index (χ2v) is 6.29. The molecule has 2 unspecified atom stereocenters. The predicted molar refractivity (Wildman–Crippen MR) is 78.7 cm³/mol. The standard InChI is InChI=1S/C14H16NO6P/c16-10-3-1-9(2-4-10)7-14(18)12-6-5-11(17)8-13(12)15-22(19,20)21/h1-6,8,12,14,16,18H,7H2,(H3,15,19,20,21). The first-order chi connectivity index (χ1) is 10.2. The Kier molecular flexibility index (Phi) is 4.83. The van der Waals surface area contributed by atoms with Gasteiger partial charge in [0.15, 0.2) is 5.78 Å². The van der Waals surface area contributed by atoms with E-state index in [4.69, 9.17) is 9.79 Å². The maximum atomic E-state index is 11.4. The van der Waals surface area contributed by atoms with Crippen molar-refractivity contribution >= 4 is 13.5 Å². The van der Waals surface area contributed by atoms with E-state index in [2.05, 4.69) is 0 Å². The molecule has 8 heteroatoms. The van der Waals surface area contributed by atoms with E-state index in [1.54, 1.807) is 12.1 Å². The van der Waals surface area contributed by atoms with Crippen LogP contribution in [0, 0.1) is 5.92 Å². The van der Waals surface area contributed by atoms with Crippen molar-refractivity contribution in [1.82, 2.24) is 5.09 Å². The summed E-state index contributed by atoms with van der Waals surface area (Å²) in [7, 11) is -4.58. The number of phenols is 1. The molecule has 0 heterocycles. The molecule has 0 spiro atoms. The van der Waals surface area contributed by atoms with Gasteiger partial charge in [-0.1, -0.05) is 18.2 Å². The molecule has 0 saturated carbocycles. The summed E-state index contributed by atoms with van der Waals surface area (Å²) in [5.41, 5.74) is 0.721. The predicted octanol–water partition coefficient (Wildman–Crippen LogP) is 0.617. The van der Waals surface area contributed by atoms with E-state index in [-0.39, 0.29) is 17.9 Å². The zero-order chi connectivity index (χ0) is 16.3. The lowest BCUT2D eigenvalue weighted by Crippen LogP contribution is -2.30. The molecule has 1 aliphatic carbocycles. The van der Waals surface area contributed by atoms with E-state index in [1.165, 1.54) is 24.3 Å². The number of rotatable bonds is 5. The first-order valence-electron chi connectivity index (χ1n) is 6.48. The van der Waals surface area contributed by atoms with Gasteiger partial charge in [0.1, 0.15) is 5.75 Å². The molecule has 0 aliphatic heterocycles. The second kappa shape index (κ2) is 6.46. The zero-order valence-electron chi connectivity index (χ0n) is 11.5. The average molecular weight is 325 g/mol. The van der Waals surface area contributed by atoms with Crippen LogP contribution in [0.15, 0.2) is 48.2 Å². The number of carbonyl (C=O) groups excluding carboxylic acids is 1. The smallest absolute Gasteiger partial charge is 0.427 e. The van der Waals surface area contributed by atoms with Crippen LogP contribution < -0.4 is 5.09 Å². The largest absolute Gasteiger partial charge is 0.508 e. The van der Waals surface area contributed by atoms with Crippen LogP contribution in [0.3, 0.4) is 0 Å². The van der Waals surface area contributed by atoms with Crippen molar-refractivity contribution in [2.24, 2.45) is 5.92 Å². The molecule has 0 aromatic heterocycles. The third-order valence-electron chi connectivity index (χ3n) is 3.20. The van der Waals surface area contributed by atoms with E-state index in [0.717, 1.165) is 11.6 Å². The van der Waals surface area contributed by atoms with Crippen LogP contribution in [-0.2, 0) is 15.8 Å². The summed E-state index contributed by atoms with van der Waals surface area (Å²) in [6.45, 7) is 0. The Morgan fingerprint density at radius 1 is 1.23 bits per heavy atom. The third kappa shape index (κ3) is 4.54. The van der Waals surface area contributed by atoms with Gasteiger partial charge in [-0.25, -0.2) is 4.57 Å². The van der Waals surface area contributed by atoms with Crippen molar-refractivity contribution in [1.29, 1.82) is 0 Å². The van der Waals surface area contributed by atoms with Crippen LogP contribution in [-0.4, -0.2) is 31.9 Å². The number of allylic oxidation sites excluding steroid dienone is 2. The van der Waals surface area contributed by atoms with Crippen LogP contribution in [0.25, 0.3) is 0 Å². The van der Waals surface area contributed by atoms with Crippen LogP contribution in [0.5, 0.6) is 5.75 Å². The fourth-order valence-corrected chi connectivity index (χ4v) is 2.76. The molecular weight excluding hydrogens is 309 g/mol. The Morgan fingerprint density at radius 2 is 1.86 bits per heavy atom. The van der Waals surface area contributed by atoms with Gasteiger partial charge in [-0.05, 0) is 30.2 Å². The van der Waals surface area contributed by atoms with Gasteiger partial charge < -0.3 is 20.0 Å². The Morgan fingerprint density at radius 3 is 2.45 bits per heavy atom. The third-order valence-corrected chi connectivity index (χ3v) is 3.74. The maximum Gasteiger partial charge on any atom is 0.427 e. The number of hydrogen-bond acceptors (Lipinski definition) is 4. The van der Waals surface area contributed by atoms with Crippen molar-refractivity contribution in [2.45, 2.75) is 12.5 Å². The molecule has 0 amide bonds. The number of nitrogens with one attached hydrogen (secondary N) is 1. The van der Waals surface area contributed by atoms with E-state index in [0.29, 0.717) is 0 Å². The van der Waals surface area contributed by atoms with Gasteiger partial charge >= 0.3 is 7.75 Å². The maximum absolute atomic E-state index is 11.4. The number of carbonyl (C=O) groups is 1. The summed E-state index contributed by atoms with van der Waals surface area (Å²) in [6, 6.07) is 6.23. The quantitative estimate of drug-likeness (QED) is 0.502. The van der Waals surface area contributed by atoms with Crippen molar-refractivity contribution in [3.63, 3.8) is 0 Å². The zero-order valence-corrected chi connectivity index (χ0v) is 12.4. The minimum Gasteiger partial charge on any atom is -0.508 e. The van der Waals surface area contributed by atoms with E-state index in [9.17, 15) is 19.6 Å². The lowest BCUT2D eigenvalue weighted by atomic mass is 9.89. The molecule has 0 fully saturated rings. The Bertz CT molecular complexity index is 660. The van der Waals surface area contributed by atoms with Gasteiger partial charge in [-0.2, -0.15) is 0 Å². The molecule has 2 atom stereocenters. The van der Waals surface area contributed by atoms with Crippen LogP contribution in [0.4, 0.5) is 0 Å². The number of benzene rings is 1. The van der Waals surface area contributed by atoms with E-state index >= 15 is 0 Å². The van der Waals surface area contributed by atoms with Crippen molar-refractivity contribution in [3.8, 4) is 5.75 Å². The van der Waals surface area contributed by atoms with Gasteiger partial charge in [-0.3, -0.25) is 9.88 Å². The molecule has 1 aliphatic rings.